The van der Waals surface area contributed by atoms with Crippen molar-refractivity contribution in [2.75, 3.05) is 0 Å². The van der Waals surface area contributed by atoms with E-state index < -0.39 is 0 Å². The number of halogens is 1. The van der Waals surface area contributed by atoms with Gasteiger partial charge >= 0.3 is 0 Å². The summed E-state index contributed by atoms with van der Waals surface area (Å²) < 4.78 is 6.46. The van der Waals surface area contributed by atoms with Crippen LogP contribution in [0.1, 0.15) is 10.6 Å². The number of para-hydroxylation sites is 1. The molecule has 130 valence electrons. The van der Waals surface area contributed by atoms with Crippen molar-refractivity contribution < 1.29 is 4.42 Å². The first-order valence-corrected chi connectivity index (χ1v) is 9.68. The molecule has 0 saturated carbocycles. The molecule has 4 aromatic rings. The minimum absolute atomic E-state index is 0.137. The van der Waals surface area contributed by atoms with E-state index in [1.165, 1.54) is 17.6 Å². The first-order valence-electron chi connectivity index (χ1n) is 8.00. The Morgan fingerprint density at radius 2 is 1.96 bits per heavy atom. The maximum atomic E-state index is 12.7. The molecule has 0 aliphatic carbocycles. The molecular weight excluding hydrogens is 424 g/mol. The lowest BCUT2D eigenvalue weighted by Gasteiger charge is -2.00. The van der Waals surface area contributed by atoms with E-state index in [0.717, 1.165) is 10.0 Å². The van der Waals surface area contributed by atoms with E-state index in [9.17, 15) is 10.1 Å². The van der Waals surface area contributed by atoms with Crippen LogP contribution in [0.4, 0.5) is 0 Å². The third-order valence-corrected chi connectivity index (χ3v) is 5.61. The van der Waals surface area contributed by atoms with Gasteiger partial charge < -0.3 is 4.42 Å². The molecule has 4 rings (SSSR count). The minimum atomic E-state index is -0.137. The molecule has 0 unspecified atom stereocenters. The molecule has 0 N–H and O–H groups in total. The van der Waals surface area contributed by atoms with Gasteiger partial charge in [-0.25, -0.2) is 4.98 Å². The van der Waals surface area contributed by atoms with Gasteiger partial charge in [-0.05, 0) is 29.8 Å². The Morgan fingerprint density at radius 1 is 1.19 bits per heavy atom. The molecule has 0 aliphatic rings. The van der Waals surface area contributed by atoms with Gasteiger partial charge in [0.2, 0.25) is 5.43 Å². The predicted octanol–water partition coefficient (Wildman–Crippen LogP) is 5.74. The van der Waals surface area contributed by atoms with Crippen LogP contribution in [0.2, 0.25) is 0 Å². The van der Waals surface area contributed by atoms with E-state index in [2.05, 4.69) is 27.0 Å². The summed E-state index contributed by atoms with van der Waals surface area (Å²) in [7, 11) is 0. The van der Waals surface area contributed by atoms with Crippen molar-refractivity contribution in [3.8, 4) is 17.3 Å². The van der Waals surface area contributed by atoms with Gasteiger partial charge in [-0.3, -0.25) is 4.79 Å². The van der Waals surface area contributed by atoms with Crippen molar-refractivity contribution >= 4 is 49.9 Å². The summed E-state index contributed by atoms with van der Waals surface area (Å²) in [4.78, 5) is 17.2. The zero-order valence-corrected chi connectivity index (χ0v) is 16.3. The number of benzene rings is 2. The van der Waals surface area contributed by atoms with Gasteiger partial charge in [-0.2, -0.15) is 5.26 Å². The van der Waals surface area contributed by atoms with Gasteiger partial charge in [-0.15, -0.1) is 11.3 Å². The van der Waals surface area contributed by atoms with E-state index in [-0.39, 0.29) is 5.43 Å². The Bertz CT molecular complexity index is 1280. The van der Waals surface area contributed by atoms with Crippen LogP contribution in [0.5, 0.6) is 0 Å². The summed E-state index contributed by atoms with van der Waals surface area (Å²) in [6.07, 6.45) is 3.20. The highest BCUT2D eigenvalue weighted by atomic mass is 79.9. The van der Waals surface area contributed by atoms with Crippen LogP contribution in [0.15, 0.2) is 73.9 Å². The van der Waals surface area contributed by atoms with Crippen molar-refractivity contribution in [1.82, 2.24) is 4.98 Å². The molecule has 2 heterocycles. The molecule has 2 aromatic carbocycles. The van der Waals surface area contributed by atoms with Gasteiger partial charge in [-0.1, -0.05) is 46.3 Å². The molecule has 0 fully saturated rings. The summed E-state index contributed by atoms with van der Waals surface area (Å²) in [5, 5.41) is 12.4. The molecular formula is C21H11BrN2O2S. The average Bonchev–Trinajstić information content (AvgIpc) is 3.17. The quantitative estimate of drug-likeness (QED) is 0.385. The lowest BCUT2D eigenvalue weighted by molar-refractivity contribution is 0.604. The number of fused-ring (bicyclic) bond motifs is 1. The zero-order chi connectivity index (χ0) is 18.8. The Balaban J connectivity index is 1.78. The van der Waals surface area contributed by atoms with E-state index in [1.807, 2.05) is 30.3 Å². The largest absolute Gasteiger partial charge is 0.463 e. The maximum Gasteiger partial charge on any atom is 0.202 e. The fourth-order valence-electron chi connectivity index (χ4n) is 2.67. The monoisotopic (exact) mass is 434 g/mol. The first kappa shape index (κ1) is 17.4. The number of aromatic nitrogens is 1. The van der Waals surface area contributed by atoms with E-state index in [0.29, 0.717) is 32.8 Å². The van der Waals surface area contributed by atoms with Crippen LogP contribution in [0, 0.1) is 11.3 Å². The number of hydrogen-bond acceptors (Lipinski definition) is 5. The highest BCUT2D eigenvalue weighted by molar-refractivity contribution is 9.10. The smallest absolute Gasteiger partial charge is 0.202 e. The first-order chi connectivity index (χ1) is 13.2. The second kappa shape index (κ2) is 7.31. The fourth-order valence-corrected chi connectivity index (χ4v) is 3.85. The van der Waals surface area contributed by atoms with E-state index >= 15 is 0 Å². The second-order valence-corrected chi connectivity index (χ2v) is 7.42. The fraction of sp³-hybridized carbons (Fsp3) is 0. The molecule has 27 heavy (non-hydrogen) atoms. The number of nitriles is 1. The number of hydrogen-bond donors (Lipinski definition) is 0. The van der Waals surface area contributed by atoms with Crippen LogP contribution in [-0.4, -0.2) is 4.98 Å². The highest BCUT2D eigenvalue weighted by Gasteiger charge is 2.14. The Kier molecular flexibility index (Phi) is 4.71. The highest BCUT2D eigenvalue weighted by Crippen LogP contribution is 2.28. The van der Waals surface area contributed by atoms with E-state index in [4.69, 9.17) is 4.42 Å². The Hall–Kier alpha value is -3.01. The standard InChI is InChI=1S/C21H11BrN2O2S/c22-17-7-3-1-5-13(17)9-14(10-23)21-24-18(12-27-21)16-11-26-19-8-4-2-6-15(19)20(16)25/h1-9,11-12H/b14-9-. The molecule has 6 heteroatoms. The van der Waals surface area contributed by atoms with Gasteiger partial charge in [0.05, 0.1) is 22.2 Å². The number of allylic oxidation sites excluding steroid dienone is 1. The lowest BCUT2D eigenvalue weighted by atomic mass is 10.1. The zero-order valence-electron chi connectivity index (χ0n) is 13.8. The Morgan fingerprint density at radius 3 is 2.78 bits per heavy atom. The molecule has 0 spiro atoms. The number of rotatable bonds is 3. The van der Waals surface area contributed by atoms with Crippen molar-refractivity contribution in [3.05, 3.63) is 85.4 Å². The van der Waals surface area contributed by atoms with Crippen molar-refractivity contribution in [1.29, 1.82) is 5.26 Å². The van der Waals surface area contributed by atoms with Crippen molar-refractivity contribution in [2.45, 2.75) is 0 Å². The lowest BCUT2D eigenvalue weighted by Crippen LogP contribution is -2.04. The van der Waals surface area contributed by atoms with Gasteiger partial charge in [0.1, 0.15) is 22.9 Å². The molecule has 0 amide bonds. The third-order valence-electron chi connectivity index (χ3n) is 4.02. The van der Waals surface area contributed by atoms with Crippen LogP contribution in [0.3, 0.4) is 0 Å². The molecule has 4 nitrogen and oxygen atoms in total. The predicted molar refractivity (Wildman–Crippen MR) is 111 cm³/mol. The Labute approximate surface area is 167 Å². The number of nitrogens with zero attached hydrogens (tertiary/aromatic N) is 2. The van der Waals surface area contributed by atoms with Crippen LogP contribution in [-0.2, 0) is 0 Å². The summed E-state index contributed by atoms with van der Waals surface area (Å²) in [6, 6.07) is 16.9. The summed E-state index contributed by atoms with van der Waals surface area (Å²) in [5.74, 6) is 0. The molecule has 0 aliphatic heterocycles. The maximum absolute atomic E-state index is 12.7. The van der Waals surface area contributed by atoms with Crippen LogP contribution < -0.4 is 5.43 Å². The normalized spacial score (nSPS) is 11.5. The second-order valence-electron chi connectivity index (χ2n) is 5.70. The third kappa shape index (κ3) is 3.35. The number of thiazole rings is 1. The minimum Gasteiger partial charge on any atom is -0.463 e. The molecule has 0 saturated heterocycles. The summed E-state index contributed by atoms with van der Waals surface area (Å²) in [6.45, 7) is 0. The summed E-state index contributed by atoms with van der Waals surface area (Å²) in [5.41, 5.74) is 2.60. The van der Waals surface area contributed by atoms with E-state index in [1.54, 1.807) is 29.7 Å². The molecule has 0 atom stereocenters. The average molecular weight is 435 g/mol. The molecule has 2 aromatic heterocycles. The van der Waals surface area contributed by atoms with Crippen LogP contribution >= 0.6 is 27.3 Å². The van der Waals surface area contributed by atoms with Crippen LogP contribution in [0.25, 0.3) is 33.9 Å². The van der Waals surface area contributed by atoms with Gasteiger partial charge in [0.25, 0.3) is 0 Å². The van der Waals surface area contributed by atoms with Crippen molar-refractivity contribution in [3.63, 3.8) is 0 Å². The van der Waals surface area contributed by atoms with Crippen molar-refractivity contribution in [2.24, 2.45) is 0 Å². The van der Waals surface area contributed by atoms with Gasteiger partial charge in [0, 0.05) is 9.85 Å². The topological polar surface area (TPSA) is 66.9 Å². The SMILES string of the molecule is N#C/C(=C/c1ccccc1Br)c1nc(-c2coc3ccccc3c2=O)cs1. The molecule has 0 bridgehead atoms. The molecule has 0 radical (unpaired) electrons. The summed E-state index contributed by atoms with van der Waals surface area (Å²) >= 11 is 4.79. The van der Waals surface area contributed by atoms with Gasteiger partial charge in [0.15, 0.2) is 0 Å².